The Morgan fingerprint density at radius 3 is 2.78 bits per heavy atom. The molecular weight excluding hydrogens is 315 g/mol. The zero-order valence-electron chi connectivity index (χ0n) is 13.0. The van der Waals surface area contributed by atoms with Crippen molar-refractivity contribution in [3.8, 4) is 0 Å². The predicted octanol–water partition coefficient (Wildman–Crippen LogP) is 2.96. The normalized spacial score (nSPS) is 14.8. The molecule has 0 bridgehead atoms. The van der Waals surface area contributed by atoms with Crippen molar-refractivity contribution in [3.05, 3.63) is 51.5 Å². The Hall–Kier alpha value is -1.92. The predicted molar refractivity (Wildman–Crippen MR) is 89.7 cm³/mol. The molecule has 0 atom stereocenters. The molecule has 3 rings (SSSR count). The molecule has 0 spiro atoms. The van der Waals surface area contributed by atoms with Crippen LogP contribution in [0, 0.1) is 12.7 Å². The minimum absolute atomic E-state index is 0.261. The maximum atomic E-state index is 14.3. The van der Waals surface area contributed by atoms with Crippen LogP contribution in [0.15, 0.2) is 29.6 Å². The number of morpholine rings is 1. The smallest absolute Gasteiger partial charge is 0.251 e. The summed E-state index contributed by atoms with van der Waals surface area (Å²) in [5, 5.41) is 4.87. The van der Waals surface area contributed by atoms with E-state index >= 15 is 0 Å². The van der Waals surface area contributed by atoms with Gasteiger partial charge in [-0.15, -0.1) is 11.3 Å². The molecule has 1 aliphatic rings. The summed E-state index contributed by atoms with van der Waals surface area (Å²) in [5.74, 6) is -0.630. The lowest BCUT2D eigenvalue weighted by Gasteiger charge is -2.29. The summed E-state index contributed by atoms with van der Waals surface area (Å²) in [6, 6.07) is 6.68. The van der Waals surface area contributed by atoms with Gasteiger partial charge in [0.1, 0.15) is 5.82 Å². The molecule has 0 saturated carbocycles. The first kappa shape index (κ1) is 16.0. The molecule has 2 heterocycles. The molecule has 1 saturated heterocycles. The van der Waals surface area contributed by atoms with Gasteiger partial charge in [-0.1, -0.05) is 0 Å². The fourth-order valence-electron chi connectivity index (χ4n) is 2.56. The lowest BCUT2D eigenvalue weighted by atomic mass is 10.1. The van der Waals surface area contributed by atoms with Crippen LogP contribution in [0.2, 0.25) is 0 Å². The van der Waals surface area contributed by atoms with E-state index in [1.165, 1.54) is 11.6 Å². The number of halogens is 1. The van der Waals surface area contributed by atoms with E-state index in [2.05, 4.69) is 5.32 Å². The Bertz CT molecular complexity index is 696. The molecule has 1 fully saturated rings. The quantitative estimate of drug-likeness (QED) is 0.935. The van der Waals surface area contributed by atoms with Gasteiger partial charge in [0.15, 0.2) is 0 Å². The van der Waals surface area contributed by atoms with Crippen LogP contribution in [0.4, 0.5) is 10.1 Å². The zero-order valence-corrected chi connectivity index (χ0v) is 13.8. The van der Waals surface area contributed by atoms with Crippen LogP contribution in [-0.4, -0.2) is 32.2 Å². The maximum Gasteiger partial charge on any atom is 0.251 e. The van der Waals surface area contributed by atoms with Gasteiger partial charge >= 0.3 is 0 Å². The fourth-order valence-corrected chi connectivity index (χ4v) is 3.38. The van der Waals surface area contributed by atoms with Crippen LogP contribution < -0.4 is 10.2 Å². The molecule has 122 valence electrons. The molecule has 1 amide bonds. The number of thiophene rings is 1. The fraction of sp³-hybridized carbons (Fsp3) is 0.353. The molecule has 1 aromatic carbocycles. The molecule has 1 N–H and O–H groups in total. The Morgan fingerprint density at radius 1 is 1.35 bits per heavy atom. The van der Waals surface area contributed by atoms with E-state index in [-0.39, 0.29) is 11.7 Å². The van der Waals surface area contributed by atoms with Gasteiger partial charge in [0.2, 0.25) is 0 Å². The van der Waals surface area contributed by atoms with Gasteiger partial charge in [-0.2, -0.15) is 0 Å². The molecule has 23 heavy (non-hydrogen) atoms. The van der Waals surface area contributed by atoms with Crippen molar-refractivity contribution >= 4 is 22.9 Å². The monoisotopic (exact) mass is 334 g/mol. The molecule has 1 aliphatic heterocycles. The second kappa shape index (κ2) is 7.10. The number of hydrogen-bond donors (Lipinski definition) is 1. The van der Waals surface area contributed by atoms with E-state index in [0.29, 0.717) is 44.1 Å². The highest BCUT2D eigenvalue weighted by molar-refractivity contribution is 7.10. The van der Waals surface area contributed by atoms with Crippen LogP contribution in [0.1, 0.15) is 20.8 Å². The van der Waals surface area contributed by atoms with Crippen LogP contribution in [0.25, 0.3) is 0 Å². The van der Waals surface area contributed by atoms with E-state index in [9.17, 15) is 9.18 Å². The zero-order chi connectivity index (χ0) is 16.2. The van der Waals surface area contributed by atoms with Crippen molar-refractivity contribution in [2.75, 3.05) is 31.2 Å². The van der Waals surface area contributed by atoms with Crippen LogP contribution in [0.3, 0.4) is 0 Å². The van der Waals surface area contributed by atoms with Crippen molar-refractivity contribution in [1.29, 1.82) is 0 Å². The lowest BCUT2D eigenvalue weighted by molar-refractivity contribution is 0.0950. The summed E-state index contributed by atoms with van der Waals surface area (Å²) in [7, 11) is 0. The number of carbonyl (C=O) groups is 1. The number of anilines is 1. The molecule has 4 nitrogen and oxygen atoms in total. The van der Waals surface area contributed by atoms with Gasteiger partial charge in [-0.3, -0.25) is 4.79 Å². The minimum Gasteiger partial charge on any atom is -0.378 e. The Kier molecular flexibility index (Phi) is 4.93. The van der Waals surface area contributed by atoms with E-state index in [1.54, 1.807) is 23.5 Å². The number of nitrogens with one attached hydrogen (secondary N) is 1. The average molecular weight is 334 g/mol. The van der Waals surface area contributed by atoms with Gasteiger partial charge in [0.25, 0.3) is 5.91 Å². The third-order valence-corrected chi connectivity index (χ3v) is 4.82. The topological polar surface area (TPSA) is 41.6 Å². The van der Waals surface area contributed by atoms with Crippen molar-refractivity contribution in [3.63, 3.8) is 0 Å². The number of hydrogen-bond acceptors (Lipinski definition) is 4. The highest BCUT2D eigenvalue weighted by atomic mass is 32.1. The minimum atomic E-state index is -0.369. The lowest BCUT2D eigenvalue weighted by Crippen LogP contribution is -2.36. The number of amides is 1. The number of carbonyl (C=O) groups excluding carboxylic acids is 1. The second-order valence-electron chi connectivity index (χ2n) is 5.54. The third kappa shape index (κ3) is 3.89. The summed E-state index contributed by atoms with van der Waals surface area (Å²) >= 11 is 1.60. The molecular formula is C17H19FN2O2S. The molecule has 1 aromatic heterocycles. The van der Waals surface area contributed by atoms with Gasteiger partial charge in [-0.25, -0.2) is 4.39 Å². The number of ether oxygens (including phenoxy) is 1. The summed E-state index contributed by atoms with van der Waals surface area (Å²) < 4.78 is 19.6. The largest absolute Gasteiger partial charge is 0.378 e. The summed E-state index contributed by atoms with van der Waals surface area (Å²) in [4.78, 5) is 15.2. The highest BCUT2D eigenvalue weighted by Gasteiger charge is 2.17. The number of benzene rings is 1. The first-order valence-electron chi connectivity index (χ1n) is 7.58. The van der Waals surface area contributed by atoms with Gasteiger partial charge in [-0.05, 0) is 42.1 Å². The third-order valence-electron chi connectivity index (χ3n) is 3.77. The standard InChI is InChI=1S/C17H19FN2O2S/c1-12-8-14(23-11-12)10-19-17(21)13-2-3-16(15(18)9-13)20-4-6-22-7-5-20/h2-3,8-9,11H,4-7,10H2,1H3,(H,19,21). The van der Waals surface area contributed by atoms with E-state index in [0.717, 1.165) is 4.88 Å². The Balaban J connectivity index is 1.65. The van der Waals surface area contributed by atoms with Gasteiger partial charge < -0.3 is 15.0 Å². The highest BCUT2D eigenvalue weighted by Crippen LogP contribution is 2.22. The van der Waals surface area contributed by atoms with Crippen molar-refractivity contribution in [2.24, 2.45) is 0 Å². The molecule has 0 radical (unpaired) electrons. The second-order valence-corrected chi connectivity index (χ2v) is 6.53. The van der Waals surface area contributed by atoms with Crippen LogP contribution >= 0.6 is 11.3 Å². The van der Waals surface area contributed by atoms with Crippen molar-refractivity contribution < 1.29 is 13.9 Å². The number of aryl methyl sites for hydroxylation is 1. The number of rotatable bonds is 4. The van der Waals surface area contributed by atoms with E-state index in [4.69, 9.17) is 4.74 Å². The first-order chi connectivity index (χ1) is 11.1. The van der Waals surface area contributed by atoms with Crippen molar-refractivity contribution in [1.82, 2.24) is 5.32 Å². The Morgan fingerprint density at radius 2 is 2.13 bits per heavy atom. The van der Waals surface area contributed by atoms with Gasteiger partial charge in [0.05, 0.1) is 25.4 Å². The van der Waals surface area contributed by atoms with Crippen LogP contribution in [0.5, 0.6) is 0 Å². The summed E-state index contributed by atoms with van der Waals surface area (Å²) in [6.45, 7) is 5.01. The first-order valence-corrected chi connectivity index (χ1v) is 8.46. The maximum absolute atomic E-state index is 14.3. The summed E-state index contributed by atoms with van der Waals surface area (Å²) in [5.41, 5.74) is 2.05. The molecule has 2 aromatic rings. The molecule has 0 aliphatic carbocycles. The number of nitrogens with zero attached hydrogens (tertiary/aromatic N) is 1. The van der Waals surface area contributed by atoms with E-state index in [1.807, 2.05) is 23.3 Å². The SMILES string of the molecule is Cc1csc(CNC(=O)c2ccc(N3CCOCC3)c(F)c2)c1. The van der Waals surface area contributed by atoms with Crippen LogP contribution in [-0.2, 0) is 11.3 Å². The summed E-state index contributed by atoms with van der Waals surface area (Å²) in [6.07, 6.45) is 0. The average Bonchev–Trinajstić information content (AvgIpc) is 2.99. The van der Waals surface area contributed by atoms with E-state index < -0.39 is 0 Å². The molecule has 6 heteroatoms. The Labute approximate surface area is 138 Å². The van der Waals surface area contributed by atoms with Gasteiger partial charge in [0, 0.05) is 23.5 Å². The molecule has 0 unspecified atom stereocenters. The van der Waals surface area contributed by atoms with Crippen molar-refractivity contribution in [2.45, 2.75) is 13.5 Å².